The van der Waals surface area contributed by atoms with Crippen LogP contribution in [0.3, 0.4) is 0 Å². The standard InChI is InChI=1S/C26H26BrNO3/c1-3-28-14-13-20-15-21(27)17-24(30-2)25(20)22(28)16-19-11-7-8-12-23(19)31-26(29)18-9-5-4-6-10-18/h4-12,15,17,22H,3,13-14,16H2,1-2H3. The van der Waals surface area contributed by atoms with Crippen LogP contribution in [0.15, 0.2) is 71.2 Å². The van der Waals surface area contributed by atoms with E-state index in [4.69, 9.17) is 9.47 Å². The van der Waals surface area contributed by atoms with Crippen molar-refractivity contribution in [2.45, 2.75) is 25.8 Å². The Kier molecular flexibility index (Phi) is 6.73. The molecule has 0 fully saturated rings. The molecule has 160 valence electrons. The van der Waals surface area contributed by atoms with Gasteiger partial charge in [0, 0.05) is 22.6 Å². The summed E-state index contributed by atoms with van der Waals surface area (Å²) in [7, 11) is 1.72. The fraction of sp³-hybridized carbons (Fsp3) is 0.269. The quantitative estimate of drug-likeness (QED) is 0.328. The molecule has 0 N–H and O–H groups in total. The van der Waals surface area contributed by atoms with Crippen LogP contribution in [-0.4, -0.2) is 31.1 Å². The summed E-state index contributed by atoms with van der Waals surface area (Å²) in [6.45, 7) is 4.11. The van der Waals surface area contributed by atoms with Crippen molar-refractivity contribution < 1.29 is 14.3 Å². The van der Waals surface area contributed by atoms with E-state index >= 15 is 0 Å². The highest BCUT2D eigenvalue weighted by Crippen LogP contribution is 2.41. The summed E-state index contributed by atoms with van der Waals surface area (Å²) >= 11 is 3.61. The molecule has 5 heteroatoms. The average molecular weight is 480 g/mol. The van der Waals surface area contributed by atoms with Crippen LogP contribution < -0.4 is 9.47 Å². The normalized spacial score (nSPS) is 15.9. The maximum Gasteiger partial charge on any atom is 0.343 e. The molecule has 3 aromatic rings. The van der Waals surface area contributed by atoms with E-state index in [1.54, 1.807) is 19.2 Å². The Morgan fingerprint density at radius 2 is 1.81 bits per heavy atom. The first-order valence-corrected chi connectivity index (χ1v) is 11.4. The Balaban J connectivity index is 1.67. The first-order valence-electron chi connectivity index (χ1n) is 10.6. The number of fused-ring (bicyclic) bond motifs is 1. The largest absolute Gasteiger partial charge is 0.496 e. The number of hydrogen-bond donors (Lipinski definition) is 0. The van der Waals surface area contributed by atoms with Crippen LogP contribution in [0.2, 0.25) is 0 Å². The molecule has 1 heterocycles. The maximum absolute atomic E-state index is 12.7. The van der Waals surface area contributed by atoms with Crippen molar-refractivity contribution in [3.8, 4) is 11.5 Å². The Bertz CT molecular complexity index is 1050. The van der Waals surface area contributed by atoms with Crippen molar-refractivity contribution in [2.24, 2.45) is 0 Å². The van der Waals surface area contributed by atoms with Gasteiger partial charge in [-0.3, -0.25) is 4.90 Å². The van der Waals surface area contributed by atoms with Crippen LogP contribution >= 0.6 is 15.9 Å². The molecule has 0 bridgehead atoms. The summed E-state index contributed by atoms with van der Waals surface area (Å²) < 4.78 is 12.6. The van der Waals surface area contributed by atoms with Gasteiger partial charge in [-0.05, 0) is 60.8 Å². The fourth-order valence-electron chi connectivity index (χ4n) is 4.33. The highest BCUT2D eigenvalue weighted by molar-refractivity contribution is 9.10. The van der Waals surface area contributed by atoms with Crippen LogP contribution in [0.4, 0.5) is 0 Å². The number of carbonyl (C=O) groups is 1. The van der Waals surface area contributed by atoms with Gasteiger partial charge in [-0.1, -0.05) is 59.3 Å². The van der Waals surface area contributed by atoms with Crippen molar-refractivity contribution in [3.63, 3.8) is 0 Å². The first kappa shape index (κ1) is 21.6. The van der Waals surface area contributed by atoms with Crippen molar-refractivity contribution in [1.82, 2.24) is 4.90 Å². The van der Waals surface area contributed by atoms with E-state index in [0.717, 1.165) is 41.7 Å². The number of methoxy groups -OCH3 is 1. The van der Waals surface area contributed by atoms with Crippen molar-refractivity contribution in [2.75, 3.05) is 20.2 Å². The van der Waals surface area contributed by atoms with Gasteiger partial charge < -0.3 is 9.47 Å². The number of nitrogens with zero attached hydrogens (tertiary/aromatic N) is 1. The van der Waals surface area contributed by atoms with Gasteiger partial charge in [-0.15, -0.1) is 0 Å². The molecule has 0 aromatic heterocycles. The second-order valence-electron chi connectivity index (χ2n) is 7.64. The Morgan fingerprint density at radius 3 is 2.55 bits per heavy atom. The predicted octanol–water partition coefficient (Wildman–Crippen LogP) is 5.84. The third kappa shape index (κ3) is 4.68. The van der Waals surface area contributed by atoms with E-state index in [9.17, 15) is 4.79 Å². The second-order valence-corrected chi connectivity index (χ2v) is 8.56. The number of ether oxygens (including phenoxy) is 2. The molecule has 4 nitrogen and oxygen atoms in total. The molecule has 0 saturated heterocycles. The highest BCUT2D eigenvalue weighted by Gasteiger charge is 2.31. The monoisotopic (exact) mass is 479 g/mol. The molecule has 31 heavy (non-hydrogen) atoms. The third-order valence-corrected chi connectivity index (χ3v) is 6.32. The van der Waals surface area contributed by atoms with E-state index in [1.165, 1.54) is 11.1 Å². The predicted molar refractivity (Wildman–Crippen MR) is 126 cm³/mol. The number of likely N-dealkylation sites (N-methyl/N-ethyl adjacent to an activating group) is 1. The van der Waals surface area contributed by atoms with E-state index in [-0.39, 0.29) is 12.0 Å². The van der Waals surface area contributed by atoms with Gasteiger partial charge in [0.1, 0.15) is 11.5 Å². The molecule has 0 amide bonds. The number of halogens is 1. The Morgan fingerprint density at radius 1 is 1.06 bits per heavy atom. The SMILES string of the molecule is CCN1CCc2cc(Br)cc(OC)c2C1Cc1ccccc1OC(=O)c1ccccc1. The molecule has 1 aliphatic rings. The minimum atomic E-state index is -0.342. The third-order valence-electron chi connectivity index (χ3n) is 5.86. The van der Waals surface area contributed by atoms with E-state index in [2.05, 4.69) is 33.8 Å². The van der Waals surface area contributed by atoms with Gasteiger partial charge in [0.05, 0.1) is 12.7 Å². The van der Waals surface area contributed by atoms with Gasteiger partial charge in [0.25, 0.3) is 0 Å². The van der Waals surface area contributed by atoms with Crippen LogP contribution in [0.5, 0.6) is 11.5 Å². The smallest absolute Gasteiger partial charge is 0.343 e. The maximum atomic E-state index is 12.7. The molecular formula is C26H26BrNO3. The summed E-state index contributed by atoms with van der Waals surface area (Å²) in [4.78, 5) is 15.1. The Hall–Kier alpha value is -2.63. The minimum Gasteiger partial charge on any atom is -0.496 e. The second kappa shape index (κ2) is 9.67. The molecule has 0 aliphatic carbocycles. The lowest BCUT2D eigenvalue weighted by atomic mass is 9.87. The number of carbonyl (C=O) groups excluding carboxylic acids is 1. The van der Waals surface area contributed by atoms with E-state index in [0.29, 0.717) is 11.3 Å². The summed E-state index contributed by atoms with van der Waals surface area (Å²) in [6.07, 6.45) is 1.72. The van der Waals surface area contributed by atoms with Gasteiger partial charge >= 0.3 is 5.97 Å². The molecule has 0 saturated carbocycles. The summed E-state index contributed by atoms with van der Waals surface area (Å²) in [5.41, 5.74) is 4.08. The number of rotatable bonds is 6. The lowest BCUT2D eigenvalue weighted by molar-refractivity contribution is 0.0732. The van der Waals surface area contributed by atoms with Crippen LogP contribution in [0.1, 0.15) is 40.0 Å². The molecule has 4 rings (SSSR count). The van der Waals surface area contributed by atoms with Crippen molar-refractivity contribution >= 4 is 21.9 Å². The van der Waals surface area contributed by atoms with Crippen LogP contribution in [-0.2, 0) is 12.8 Å². The number of hydrogen-bond acceptors (Lipinski definition) is 4. The summed E-state index contributed by atoms with van der Waals surface area (Å²) in [5, 5.41) is 0. The lowest BCUT2D eigenvalue weighted by Gasteiger charge is -2.38. The lowest BCUT2D eigenvalue weighted by Crippen LogP contribution is -2.36. The van der Waals surface area contributed by atoms with Gasteiger partial charge in [0.2, 0.25) is 0 Å². The fourth-order valence-corrected chi connectivity index (χ4v) is 4.81. The zero-order chi connectivity index (χ0) is 21.8. The Labute approximate surface area is 191 Å². The minimum absolute atomic E-state index is 0.147. The average Bonchev–Trinajstić information content (AvgIpc) is 2.80. The molecule has 3 aromatic carbocycles. The number of para-hydroxylation sites is 1. The summed E-state index contributed by atoms with van der Waals surface area (Å²) in [6, 6.07) is 21.3. The molecule has 1 unspecified atom stereocenters. The molecule has 1 aliphatic heterocycles. The van der Waals surface area contributed by atoms with Crippen LogP contribution in [0, 0.1) is 0 Å². The molecule has 0 spiro atoms. The van der Waals surface area contributed by atoms with Gasteiger partial charge in [0.15, 0.2) is 0 Å². The number of benzene rings is 3. The van der Waals surface area contributed by atoms with Crippen molar-refractivity contribution in [1.29, 1.82) is 0 Å². The molecule has 1 atom stereocenters. The molecule has 0 radical (unpaired) electrons. The van der Waals surface area contributed by atoms with Gasteiger partial charge in [-0.2, -0.15) is 0 Å². The van der Waals surface area contributed by atoms with Crippen molar-refractivity contribution in [3.05, 3.63) is 93.5 Å². The molecular weight excluding hydrogens is 454 g/mol. The topological polar surface area (TPSA) is 38.8 Å². The number of esters is 1. The van der Waals surface area contributed by atoms with E-state index < -0.39 is 0 Å². The highest BCUT2D eigenvalue weighted by atomic mass is 79.9. The first-order chi connectivity index (χ1) is 15.1. The summed E-state index contributed by atoms with van der Waals surface area (Å²) in [5.74, 6) is 1.16. The van der Waals surface area contributed by atoms with Gasteiger partial charge in [-0.25, -0.2) is 4.79 Å². The van der Waals surface area contributed by atoms with Crippen LogP contribution in [0.25, 0.3) is 0 Å². The van der Waals surface area contributed by atoms with E-state index in [1.807, 2.05) is 48.5 Å². The zero-order valence-corrected chi connectivity index (χ0v) is 19.4. The zero-order valence-electron chi connectivity index (χ0n) is 17.8.